The summed E-state index contributed by atoms with van der Waals surface area (Å²) in [5, 5.41) is 2.79. The van der Waals surface area contributed by atoms with Gasteiger partial charge >= 0.3 is 0 Å². The van der Waals surface area contributed by atoms with Crippen LogP contribution < -0.4 is 5.32 Å². The van der Waals surface area contributed by atoms with Gasteiger partial charge in [-0.15, -0.1) is 0 Å². The number of amides is 1. The Morgan fingerprint density at radius 1 is 1.19 bits per heavy atom. The summed E-state index contributed by atoms with van der Waals surface area (Å²) in [7, 11) is 0. The van der Waals surface area contributed by atoms with Crippen LogP contribution in [-0.4, -0.2) is 24.9 Å². The molecule has 0 aliphatic heterocycles. The van der Waals surface area contributed by atoms with Gasteiger partial charge in [0.2, 0.25) is 5.91 Å². The average Bonchev–Trinajstić information content (AvgIpc) is 2.45. The summed E-state index contributed by atoms with van der Waals surface area (Å²) in [6.45, 7) is 5.07. The van der Waals surface area contributed by atoms with E-state index in [2.05, 4.69) is 5.32 Å². The SMILES string of the molecule is CC(C)CC(=O)CCCOCC(=O)NCc1ccccc1. The Morgan fingerprint density at radius 3 is 2.57 bits per heavy atom. The normalized spacial score (nSPS) is 10.6. The van der Waals surface area contributed by atoms with Crippen LogP contribution in [-0.2, 0) is 20.9 Å². The number of ether oxygens (including phenoxy) is 1. The summed E-state index contributed by atoms with van der Waals surface area (Å²) in [5.41, 5.74) is 1.06. The van der Waals surface area contributed by atoms with Crippen molar-refractivity contribution in [3.05, 3.63) is 35.9 Å². The van der Waals surface area contributed by atoms with Gasteiger partial charge in [-0.05, 0) is 17.9 Å². The topological polar surface area (TPSA) is 55.4 Å². The van der Waals surface area contributed by atoms with Crippen molar-refractivity contribution in [3.63, 3.8) is 0 Å². The molecule has 0 aliphatic carbocycles. The summed E-state index contributed by atoms with van der Waals surface area (Å²) in [4.78, 5) is 23.0. The number of benzene rings is 1. The first-order chi connectivity index (χ1) is 10.1. The number of hydrogen-bond donors (Lipinski definition) is 1. The van der Waals surface area contributed by atoms with E-state index in [1.165, 1.54) is 0 Å². The lowest BCUT2D eigenvalue weighted by Crippen LogP contribution is -2.27. The van der Waals surface area contributed by atoms with Crippen LogP contribution in [0.4, 0.5) is 0 Å². The number of carbonyl (C=O) groups excluding carboxylic acids is 2. The predicted octanol–water partition coefficient (Wildman–Crippen LogP) is 2.71. The molecule has 0 saturated carbocycles. The van der Waals surface area contributed by atoms with Gasteiger partial charge in [0.25, 0.3) is 0 Å². The zero-order chi connectivity index (χ0) is 15.5. The molecule has 4 heteroatoms. The van der Waals surface area contributed by atoms with Crippen molar-refractivity contribution in [2.24, 2.45) is 5.92 Å². The zero-order valence-corrected chi connectivity index (χ0v) is 12.9. The number of nitrogens with one attached hydrogen (secondary N) is 1. The summed E-state index contributed by atoms with van der Waals surface area (Å²) in [6, 6.07) is 9.73. The summed E-state index contributed by atoms with van der Waals surface area (Å²) in [6.07, 6.45) is 1.83. The molecule has 116 valence electrons. The molecule has 1 amide bonds. The van der Waals surface area contributed by atoms with Gasteiger partial charge in [0.05, 0.1) is 0 Å². The van der Waals surface area contributed by atoms with Crippen molar-refractivity contribution in [3.8, 4) is 0 Å². The average molecular weight is 291 g/mol. The smallest absolute Gasteiger partial charge is 0.246 e. The Balaban J connectivity index is 2.02. The van der Waals surface area contributed by atoms with Gasteiger partial charge in [-0.1, -0.05) is 44.2 Å². The minimum absolute atomic E-state index is 0.0468. The molecule has 1 rings (SSSR count). The highest BCUT2D eigenvalue weighted by molar-refractivity contribution is 5.78. The lowest BCUT2D eigenvalue weighted by Gasteiger charge is -2.07. The van der Waals surface area contributed by atoms with Crippen LogP contribution in [0.3, 0.4) is 0 Å². The fourth-order valence-corrected chi connectivity index (χ4v) is 1.94. The molecule has 4 nitrogen and oxygen atoms in total. The maximum Gasteiger partial charge on any atom is 0.246 e. The van der Waals surface area contributed by atoms with Crippen molar-refractivity contribution >= 4 is 11.7 Å². The lowest BCUT2D eigenvalue weighted by molar-refractivity contribution is -0.125. The van der Waals surface area contributed by atoms with E-state index in [1.807, 2.05) is 44.2 Å². The van der Waals surface area contributed by atoms with Crippen LogP contribution in [0.2, 0.25) is 0 Å². The van der Waals surface area contributed by atoms with Gasteiger partial charge in [-0.25, -0.2) is 0 Å². The number of Topliss-reactive ketones (excluding diaryl/α,β-unsaturated/α-hetero) is 1. The lowest BCUT2D eigenvalue weighted by atomic mass is 10.0. The van der Waals surface area contributed by atoms with Crippen molar-refractivity contribution < 1.29 is 14.3 Å². The molecule has 0 aliphatic rings. The molecule has 1 aromatic rings. The van der Waals surface area contributed by atoms with E-state index in [4.69, 9.17) is 4.74 Å². The Kier molecular flexibility index (Phi) is 8.36. The monoisotopic (exact) mass is 291 g/mol. The van der Waals surface area contributed by atoms with E-state index in [0.29, 0.717) is 38.3 Å². The third kappa shape index (κ3) is 8.97. The molecule has 0 bridgehead atoms. The third-order valence-corrected chi connectivity index (χ3v) is 2.95. The first-order valence-electron chi connectivity index (χ1n) is 7.48. The number of hydrogen-bond acceptors (Lipinski definition) is 3. The van der Waals surface area contributed by atoms with Crippen molar-refractivity contribution in [1.29, 1.82) is 0 Å². The van der Waals surface area contributed by atoms with Gasteiger partial charge in [-0.2, -0.15) is 0 Å². The minimum atomic E-state index is -0.132. The second-order valence-electron chi connectivity index (χ2n) is 5.56. The van der Waals surface area contributed by atoms with E-state index in [1.54, 1.807) is 0 Å². The second-order valence-corrected chi connectivity index (χ2v) is 5.56. The second kappa shape index (κ2) is 10.1. The predicted molar refractivity (Wildman–Crippen MR) is 82.8 cm³/mol. The molecule has 0 radical (unpaired) electrons. The maximum atomic E-state index is 11.6. The molecule has 0 unspecified atom stereocenters. The van der Waals surface area contributed by atoms with Crippen LogP contribution >= 0.6 is 0 Å². The summed E-state index contributed by atoms with van der Waals surface area (Å²) < 4.78 is 5.27. The highest BCUT2D eigenvalue weighted by atomic mass is 16.5. The van der Waals surface area contributed by atoms with Crippen LogP contribution in [0.1, 0.15) is 38.7 Å². The Morgan fingerprint density at radius 2 is 1.90 bits per heavy atom. The highest BCUT2D eigenvalue weighted by Gasteiger charge is 2.05. The Hall–Kier alpha value is -1.68. The molecular weight excluding hydrogens is 266 g/mol. The molecule has 21 heavy (non-hydrogen) atoms. The van der Waals surface area contributed by atoms with E-state index < -0.39 is 0 Å². The van der Waals surface area contributed by atoms with Crippen LogP contribution in [0, 0.1) is 5.92 Å². The maximum absolute atomic E-state index is 11.6. The Bertz CT molecular complexity index is 429. The Labute approximate surface area is 126 Å². The van der Waals surface area contributed by atoms with Gasteiger partial charge in [-0.3, -0.25) is 9.59 Å². The van der Waals surface area contributed by atoms with E-state index >= 15 is 0 Å². The van der Waals surface area contributed by atoms with E-state index in [0.717, 1.165) is 5.56 Å². The molecular formula is C17H25NO3. The highest BCUT2D eigenvalue weighted by Crippen LogP contribution is 2.04. The molecule has 1 aromatic carbocycles. The van der Waals surface area contributed by atoms with Crippen LogP contribution in [0.5, 0.6) is 0 Å². The van der Waals surface area contributed by atoms with Gasteiger partial charge in [0.1, 0.15) is 12.4 Å². The van der Waals surface area contributed by atoms with Crippen molar-refractivity contribution in [2.75, 3.05) is 13.2 Å². The van der Waals surface area contributed by atoms with E-state index in [-0.39, 0.29) is 18.3 Å². The largest absolute Gasteiger partial charge is 0.372 e. The molecule has 1 N–H and O–H groups in total. The van der Waals surface area contributed by atoms with Gasteiger partial charge in [0.15, 0.2) is 0 Å². The minimum Gasteiger partial charge on any atom is -0.372 e. The first kappa shape index (κ1) is 17.4. The molecule has 0 aromatic heterocycles. The standard InChI is InChI=1S/C17H25NO3/c1-14(2)11-16(19)9-6-10-21-13-17(20)18-12-15-7-4-3-5-8-15/h3-5,7-8,14H,6,9-13H2,1-2H3,(H,18,20). The van der Waals surface area contributed by atoms with Crippen molar-refractivity contribution in [1.82, 2.24) is 5.32 Å². The van der Waals surface area contributed by atoms with Crippen LogP contribution in [0.25, 0.3) is 0 Å². The zero-order valence-electron chi connectivity index (χ0n) is 12.9. The van der Waals surface area contributed by atoms with E-state index in [9.17, 15) is 9.59 Å². The number of carbonyl (C=O) groups is 2. The molecule has 0 fully saturated rings. The number of ketones is 1. The van der Waals surface area contributed by atoms with Crippen LogP contribution in [0.15, 0.2) is 30.3 Å². The first-order valence-corrected chi connectivity index (χ1v) is 7.48. The number of rotatable bonds is 10. The van der Waals surface area contributed by atoms with Gasteiger partial charge in [0, 0.05) is 26.0 Å². The third-order valence-electron chi connectivity index (χ3n) is 2.95. The van der Waals surface area contributed by atoms with Crippen molar-refractivity contribution in [2.45, 2.75) is 39.7 Å². The molecule has 0 atom stereocenters. The molecule has 0 heterocycles. The molecule has 0 spiro atoms. The fourth-order valence-electron chi connectivity index (χ4n) is 1.94. The van der Waals surface area contributed by atoms with Gasteiger partial charge < -0.3 is 10.1 Å². The molecule has 0 saturated heterocycles. The fraction of sp³-hybridized carbons (Fsp3) is 0.529. The summed E-state index contributed by atoms with van der Waals surface area (Å²) >= 11 is 0. The summed E-state index contributed by atoms with van der Waals surface area (Å²) in [5.74, 6) is 0.539. The quantitative estimate of drug-likeness (QED) is 0.674.